The van der Waals surface area contributed by atoms with Crippen LogP contribution < -0.4 is 5.56 Å². The van der Waals surface area contributed by atoms with Gasteiger partial charge in [0.2, 0.25) is 0 Å². The summed E-state index contributed by atoms with van der Waals surface area (Å²) in [6.07, 6.45) is 3.65. The molecule has 0 radical (unpaired) electrons. The molecule has 1 heterocycles. The monoisotopic (exact) mass is 417 g/mol. The number of halogens is 1. The van der Waals surface area contributed by atoms with Gasteiger partial charge in [-0.25, -0.2) is 0 Å². The molecule has 0 aliphatic heterocycles. The summed E-state index contributed by atoms with van der Waals surface area (Å²) in [6, 6.07) is 7.08. The maximum absolute atomic E-state index is 12.9. The predicted molar refractivity (Wildman–Crippen MR) is 99.7 cm³/mol. The average molecular weight is 417 g/mol. The fraction of sp³-hybridized carbons (Fsp3) is 0.438. The van der Waals surface area contributed by atoms with Gasteiger partial charge in [0.15, 0.2) is 0 Å². The Hall–Kier alpha value is -1.04. The molecule has 0 N–H and O–H groups in total. The van der Waals surface area contributed by atoms with Gasteiger partial charge in [-0.3, -0.25) is 0 Å². The topological polar surface area (TPSA) is 74.6 Å². The maximum atomic E-state index is 12.9. The number of fused-ring (bicyclic) bond motifs is 1. The molecule has 10 heteroatoms. The summed E-state index contributed by atoms with van der Waals surface area (Å²) in [5, 5.41) is 0.553. The van der Waals surface area contributed by atoms with Gasteiger partial charge in [-0.05, 0) is 0 Å². The molecule has 1 aromatic heterocycles. The van der Waals surface area contributed by atoms with Crippen molar-refractivity contribution in [1.29, 1.82) is 0 Å². The first kappa shape index (κ1) is 19.7. The minimum atomic E-state index is -4.25. The fourth-order valence-corrected chi connectivity index (χ4v) is 5.80. The molecule has 3 atom stereocenters. The van der Waals surface area contributed by atoms with E-state index < -0.39 is 17.7 Å². The molecule has 140 valence electrons. The minimum absolute atomic E-state index is 0.0712. The van der Waals surface area contributed by atoms with Crippen LogP contribution in [0.3, 0.4) is 0 Å². The van der Waals surface area contributed by atoms with Crippen LogP contribution >= 0.6 is 15.9 Å². The van der Waals surface area contributed by atoms with E-state index in [1.54, 1.807) is 23.8 Å². The number of rotatable bonds is 4. The van der Waals surface area contributed by atoms with Gasteiger partial charge in [0.05, 0.1) is 0 Å². The van der Waals surface area contributed by atoms with Crippen molar-refractivity contribution in [1.82, 2.24) is 4.57 Å². The summed E-state index contributed by atoms with van der Waals surface area (Å²) in [4.78, 5) is 12.3. The van der Waals surface area contributed by atoms with Gasteiger partial charge in [0, 0.05) is 0 Å². The number of benzene rings is 1. The van der Waals surface area contributed by atoms with Crippen LogP contribution in [0.5, 0.6) is 0 Å². The summed E-state index contributed by atoms with van der Waals surface area (Å²) in [7, 11) is -2.09. The Balaban J connectivity index is 2.13. The number of methoxy groups -OCH3 is 1. The quantitative estimate of drug-likeness (QED) is 0.688. The summed E-state index contributed by atoms with van der Waals surface area (Å²) >= 11 is 0. The van der Waals surface area contributed by atoms with Crippen LogP contribution in [0.4, 0.5) is 4.20 Å². The molecule has 1 unspecified atom stereocenters. The second-order valence-corrected chi connectivity index (χ2v) is 9.51. The van der Waals surface area contributed by atoms with Crippen LogP contribution in [0, 0.1) is 0 Å². The third-order valence-corrected chi connectivity index (χ3v) is 7.36. The van der Waals surface area contributed by atoms with Crippen LogP contribution in [0.25, 0.3) is 10.9 Å². The van der Waals surface area contributed by atoms with Crippen LogP contribution in [-0.4, -0.2) is 26.2 Å². The Kier molecular flexibility index (Phi) is 6.00. The van der Waals surface area contributed by atoms with E-state index >= 15 is 0 Å². The van der Waals surface area contributed by atoms with Crippen molar-refractivity contribution >= 4 is 36.9 Å². The Morgan fingerprint density at radius 1 is 1.23 bits per heavy atom. The van der Waals surface area contributed by atoms with Crippen LogP contribution in [-0.2, 0) is 18.8 Å². The van der Waals surface area contributed by atoms with Gasteiger partial charge in [-0.1, -0.05) is 0 Å². The zero-order valence-corrected chi connectivity index (χ0v) is 16.6. The van der Waals surface area contributed by atoms with E-state index in [2.05, 4.69) is 12.3 Å². The average Bonchev–Trinajstić information content (AvgIpc) is 2.60. The zero-order valence-electron chi connectivity index (χ0n) is 14.0. The molecule has 6 nitrogen and oxygen atoms in total. The molecule has 26 heavy (non-hydrogen) atoms. The van der Waals surface area contributed by atoms with Crippen molar-refractivity contribution in [3.05, 3.63) is 40.7 Å². The summed E-state index contributed by atoms with van der Waals surface area (Å²) < 4.78 is 48.6. The Morgan fingerprint density at radius 2 is 1.96 bits per heavy atom. The third kappa shape index (κ3) is 3.95. The Labute approximate surface area is 153 Å². The molecule has 1 aromatic carbocycles. The second-order valence-electron chi connectivity index (χ2n) is 6.14. The molecule has 1 aliphatic carbocycles. The Morgan fingerprint density at radius 3 is 2.65 bits per heavy atom. The molecule has 0 amide bonds. The van der Waals surface area contributed by atoms with Crippen LogP contribution in [0.2, 0.25) is 0 Å². The van der Waals surface area contributed by atoms with Crippen LogP contribution in [0.15, 0.2) is 40.0 Å². The molecule has 3 rings (SSSR count). The van der Waals surface area contributed by atoms with Gasteiger partial charge >= 0.3 is 153 Å². The van der Waals surface area contributed by atoms with E-state index in [1.807, 2.05) is 0 Å². The molecule has 1 aliphatic rings. The van der Waals surface area contributed by atoms with Crippen molar-refractivity contribution in [2.45, 2.75) is 42.7 Å². The van der Waals surface area contributed by atoms with Gasteiger partial charge in [0.1, 0.15) is 0 Å². The SMILES string of the molecule is CO[C@H]1CCCC[C@@H]1n1c(=O)ccc2cc(S(=O)(=O)OP(F)#P)ccc21. The first-order valence-electron chi connectivity index (χ1n) is 8.11. The molecule has 0 spiro atoms. The first-order valence-corrected chi connectivity index (χ1v) is 11.8. The van der Waals surface area contributed by atoms with E-state index in [0.29, 0.717) is 10.9 Å². The van der Waals surface area contributed by atoms with E-state index in [4.69, 9.17) is 4.74 Å². The number of pyridine rings is 1. The van der Waals surface area contributed by atoms with E-state index in [9.17, 15) is 17.4 Å². The predicted octanol–water partition coefficient (Wildman–Crippen LogP) is 4.44. The first-order chi connectivity index (χ1) is 12.3. The molecular weight excluding hydrogens is 399 g/mol. The fourth-order valence-electron chi connectivity index (χ4n) is 3.51. The molecular formula is C16H18FNO5P2S. The van der Waals surface area contributed by atoms with Crippen LogP contribution in [0.1, 0.15) is 31.7 Å². The van der Waals surface area contributed by atoms with Crippen molar-refractivity contribution in [3.8, 4) is 0 Å². The number of hydrogen-bond donors (Lipinski definition) is 0. The normalized spacial score (nSPS) is 21.7. The molecule has 0 bridgehead atoms. The second kappa shape index (κ2) is 7.91. The molecule has 1 saturated carbocycles. The van der Waals surface area contributed by atoms with Gasteiger partial charge in [0.25, 0.3) is 0 Å². The van der Waals surface area contributed by atoms with E-state index in [1.165, 1.54) is 18.2 Å². The summed E-state index contributed by atoms with van der Waals surface area (Å²) in [6.45, 7) is 0. The number of hydrogen-bond acceptors (Lipinski definition) is 5. The third-order valence-electron chi connectivity index (χ3n) is 4.65. The number of nitrogens with zero attached hydrogens (tertiary/aromatic N) is 1. The summed E-state index contributed by atoms with van der Waals surface area (Å²) in [5.74, 6) is 0. The van der Waals surface area contributed by atoms with E-state index in [-0.39, 0.29) is 22.6 Å². The number of ether oxygens (including phenoxy) is 1. The molecule has 0 saturated heterocycles. The number of aromatic nitrogens is 1. The Bertz CT molecular complexity index is 1060. The van der Waals surface area contributed by atoms with E-state index in [0.717, 1.165) is 25.7 Å². The zero-order chi connectivity index (χ0) is 18.9. The van der Waals surface area contributed by atoms with Gasteiger partial charge < -0.3 is 0 Å². The van der Waals surface area contributed by atoms with Gasteiger partial charge in [-0.15, -0.1) is 0 Å². The standard InChI is InChI=1S/C16H18FNO5P2S/c1-22-15-5-3-2-4-14(15)18-13-8-7-12(26(20,21)23-25(17)24)10-11(13)6-9-16(18)19/h6-10,14-15H,2-5H2,1H3/t14-,15-/m0/s1. The molecule has 1 fully saturated rings. The van der Waals surface area contributed by atoms with Crippen molar-refractivity contribution in [2.75, 3.05) is 7.11 Å². The van der Waals surface area contributed by atoms with Gasteiger partial charge in [-0.2, -0.15) is 0 Å². The summed E-state index contributed by atoms with van der Waals surface area (Å²) in [5.41, 5.74) is 0.444. The molecule has 2 aromatic rings. The van der Waals surface area contributed by atoms with Crippen molar-refractivity contribution in [3.63, 3.8) is 0 Å². The van der Waals surface area contributed by atoms with Crippen molar-refractivity contribution in [2.24, 2.45) is 0 Å². The van der Waals surface area contributed by atoms with Crippen molar-refractivity contribution < 1.29 is 21.3 Å².